The first-order chi connectivity index (χ1) is 14.5. The van der Waals surface area contributed by atoms with Crippen LogP contribution in [0.3, 0.4) is 0 Å². The SMILES string of the molecule is Cc1cccc(C(Cc2ccc(C)c(C)c2)c2ccc(CO)cc2-c2ccco2)c1. The predicted octanol–water partition coefficient (Wildman–Crippen LogP) is 6.74. The summed E-state index contributed by atoms with van der Waals surface area (Å²) in [5.74, 6) is 1.01. The smallest absolute Gasteiger partial charge is 0.134 e. The number of rotatable bonds is 6. The molecule has 1 heterocycles. The number of furan rings is 1. The number of benzene rings is 3. The number of aliphatic hydroxyl groups is 1. The molecule has 0 fully saturated rings. The van der Waals surface area contributed by atoms with Crippen molar-refractivity contribution in [3.8, 4) is 11.3 Å². The lowest BCUT2D eigenvalue weighted by Gasteiger charge is -2.22. The molecule has 3 aromatic carbocycles. The Labute approximate surface area is 178 Å². The molecular formula is C28H28O2. The van der Waals surface area contributed by atoms with E-state index >= 15 is 0 Å². The van der Waals surface area contributed by atoms with E-state index in [9.17, 15) is 5.11 Å². The van der Waals surface area contributed by atoms with Crippen molar-refractivity contribution in [1.82, 2.24) is 0 Å². The van der Waals surface area contributed by atoms with Crippen LogP contribution in [0, 0.1) is 20.8 Å². The monoisotopic (exact) mass is 396 g/mol. The standard InChI is InChI=1S/C28H28O2/c1-19-6-4-7-24(14-19)26(16-22-10-9-20(2)21(3)15-22)25-12-11-23(18-29)17-27(25)28-8-5-13-30-28/h4-15,17,26,29H,16,18H2,1-3H3. The summed E-state index contributed by atoms with van der Waals surface area (Å²) in [6.07, 6.45) is 2.60. The normalized spacial score (nSPS) is 12.1. The van der Waals surface area contributed by atoms with E-state index in [-0.39, 0.29) is 12.5 Å². The lowest BCUT2D eigenvalue weighted by Crippen LogP contribution is -2.08. The number of aryl methyl sites for hydroxylation is 3. The van der Waals surface area contributed by atoms with E-state index in [4.69, 9.17) is 4.42 Å². The lowest BCUT2D eigenvalue weighted by atomic mass is 9.82. The second kappa shape index (κ2) is 8.73. The topological polar surface area (TPSA) is 33.4 Å². The third kappa shape index (κ3) is 4.24. The summed E-state index contributed by atoms with van der Waals surface area (Å²) in [7, 11) is 0. The highest BCUT2D eigenvalue weighted by atomic mass is 16.3. The molecule has 0 saturated heterocycles. The van der Waals surface area contributed by atoms with Crippen LogP contribution in [0.1, 0.15) is 44.9 Å². The van der Waals surface area contributed by atoms with Gasteiger partial charge in [-0.25, -0.2) is 0 Å². The Morgan fingerprint density at radius 1 is 0.800 bits per heavy atom. The maximum Gasteiger partial charge on any atom is 0.134 e. The molecule has 152 valence electrons. The molecule has 2 nitrogen and oxygen atoms in total. The Morgan fingerprint density at radius 2 is 1.63 bits per heavy atom. The van der Waals surface area contributed by atoms with Gasteiger partial charge in [-0.1, -0.05) is 60.2 Å². The van der Waals surface area contributed by atoms with Crippen molar-refractivity contribution in [2.45, 2.75) is 39.7 Å². The second-order valence-corrected chi connectivity index (χ2v) is 8.15. The fraction of sp³-hybridized carbons (Fsp3) is 0.214. The van der Waals surface area contributed by atoms with Crippen molar-refractivity contribution < 1.29 is 9.52 Å². The van der Waals surface area contributed by atoms with Gasteiger partial charge < -0.3 is 9.52 Å². The summed E-state index contributed by atoms with van der Waals surface area (Å²) in [5.41, 5.74) is 9.64. The van der Waals surface area contributed by atoms with Crippen molar-refractivity contribution in [3.63, 3.8) is 0 Å². The van der Waals surface area contributed by atoms with Crippen LogP contribution in [0.4, 0.5) is 0 Å². The van der Waals surface area contributed by atoms with Gasteiger partial charge in [0.05, 0.1) is 12.9 Å². The van der Waals surface area contributed by atoms with E-state index in [0.29, 0.717) is 0 Å². The van der Waals surface area contributed by atoms with Crippen LogP contribution in [-0.2, 0) is 13.0 Å². The molecule has 0 aliphatic heterocycles. The van der Waals surface area contributed by atoms with E-state index in [1.54, 1.807) is 6.26 Å². The van der Waals surface area contributed by atoms with Gasteiger partial charge in [0.15, 0.2) is 0 Å². The largest absolute Gasteiger partial charge is 0.464 e. The lowest BCUT2D eigenvalue weighted by molar-refractivity contribution is 0.282. The van der Waals surface area contributed by atoms with Gasteiger partial charge in [0.2, 0.25) is 0 Å². The van der Waals surface area contributed by atoms with E-state index in [2.05, 4.69) is 75.4 Å². The molecule has 4 aromatic rings. The van der Waals surface area contributed by atoms with Crippen molar-refractivity contribution >= 4 is 0 Å². The first kappa shape index (κ1) is 20.2. The van der Waals surface area contributed by atoms with Crippen molar-refractivity contribution in [3.05, 3.63) is 118 Å². The Kier molecular flexibility index (Phi) is 5.87. The molecule has 1 unspecified atom stereocenters. The summed E-state index contributed by atoms with van der Waals surface area (Å²) >= 11 is 0. The molecule has 0 saturated carbocycles. The second-order valence-electron chi connectivity index (χ2n) is 8.15. The third-order valence-corrected chi connectivity index (χ3v) is 5.92. The van der Waals surface area contributed by atoms with Crippen molar-refractivity contribution in [2.75, 3.05) is 0 Å². The molecule has 0 amide bonds. The number of hydrogen-bond donors (Lipinski definition) is 1. The van der Waals surface area contributed by atoms with Gasteiger partial charge in [0.1, 0.15) is 5.76 Å². The quantitative estimate of drug-likeness (QED) is 0.391. The molecule has 0 bridgehead atoms. The molecule has 2 heteroatoms. The summed E-state index contributed by atoms with van der Waals surface area (Å²) in [4.78, 5) is 0. The Morgan fingerprint density at radius 3 is 2.33 bits per heavy atom. The van der Waals surface area contributed by atoms with Gasteiger partial charge in [-0.3, -0.25) is 0 Å². The fourth-order valence-electron chi connectivity index (χ4n) is 4.11. The van der Waals surface area contributed by atoms with Crippen molar-refractivity contribution in [1.29, 1.82) is 0 Å². The molecule has 1 aromatic heterocycles. The molecule has 30 heavy (non-hydrogen) atoms. The zero-order valence-corrected chi connectivity index (χ0v) is 17.9. The maximum absolute atomic E-state index is 9.70. The summed E-state index contributed by atoms with van der Waals surface area (Å²) in [6, 6.07) is 25.6. The number of aliphatic hydroxyl groups excluding tert-OH is 1. The van der Waals surface area contributed by atoms with Crippen LogP contribution in [0.25, 0.3) is 11.3 Å². The van der Waals surface area contributed by atoms with Gasteiger partial charge in [-0.15, -0.1) is 0 Å². The molecule has 1 N–H and O–H groups in total. The van der Waals surface area contributed by atoms with E-state index < -0.39 is 0 Å². The minimum absolute atomic E-state index is 0.0141. The average molecular weight is 397 g/mol. The van der Waals surface area contributed by atoms with Crippen LogP contribution in [0.2, 0.25) is 0 Å². The van der Waals surface area contributed by atoms with E-state index in [0.717, 1.165) is 23.3 Å². The summed E-state index contributed by atoms with van der Waals surface area (Å²) in [5, 5.41) is 9.70. The molecule has 0 aliphatic carbocycles. The van der Waals surface area contributed by atoms with Gasteiger partial charge >= 0.3 is 0 Å². The summed E-state index contributed by atoms with van der Waals surface area (Å²) < 4.78 is 5.77. The molecular weight excluding hydrogens is 368 g/mol. The zero-order valence-electron chi connectivity index (χ0n) is 17.9. The van der Waals surface area contributed by atoms with Gasteiger partial charge in [-0.2, -0.15) is 0 Å². The van der Waals surface area contributed by atoms with Crippen molar-refractivity contribution in [2.24, 2.45) is 0 Å². The third-order valence-electron chi connectivity index (χ3n) is 5.92. The Hall–Kier alpha value is -3.10. The molecule has 1 atom stereocenters. The first-order valence-corrected chi connectivity index (χ1v) is 10.5. The predicted molar refractivity (Wildman–Crippen MR) is 123 cm³/mol. The highest BCUT2D eigenvalue weighted by Crippen LogP contribution is 2.37. The average Bonchev–Trinajstić information content (AvgIpc) is 3.29. The van der Waals surface area contributed by atoms with Crippen LogP contribution >= 0.6 is 0 Å². The zero-order chi connectivity index (χ0) is 21.1. The Bertz CT molecular complexity index is 1140. The van der Waals surface area contributed by atoms with E-state index in [1.165, 1.54) is 33.4 Å². The molecule has 0 radical (unpaired) electrons. The van der Waals surface area contributed by atoms with Gasteiger partial charge in [0.25, 0.3) is 0 Å². The minimum Gasteiger partial charge on any atom is -0.464 e. The molecule has 0 spiro atoms. The van der Waals surface area contributed by atoms with Crippen LogP contribution < -0.4 is 0 Å². The summed E-state index contributed by atoms with van der Waals surface area (Å²) in [6.45, 7) is 6.48. The first-order valence-electron chi connectivity index (χ1n) is 10.5. The molecule has 0 aliphatic rings. The fourth-order valence-corrected chi connectivity index (χ4v) is 4.11. The van der Waals surface area contributed by atoms with Gasteiger partial charge in [0, 0.05) is 11.5 Å². The minimum atomic E-state index is 0.0141. The Balaban J connectivity index is 1.86. The van der Waals surface area contributed by atoms with Crippen LogP contribution in [0.5, 0.6) is 0 Å². The van der Waals surface area contributed by atoms with Crippen LogP contribution in [-0.4, -0.2) is 5.11 Å². The highest BCUT2D eigenvalue weighted by Gasteiger charge is 2.21. The highest BCUT2D eigenvalue weighted by molar-refractivity contribution is 5.65. The molecule has 4 rings (SSSR count). The number of hydrogen-bond acceptors (Lipinski definition) is 2. The maximum atomic E-state index is 9.70. The van der Waals surface area contributed by atoms with Gasteiger partial charge in [-0.05, 0) is 78.8 Å². The van der Waals surface area contributed by atoms with E-state index in [1.807, 2.05) is 18.2 Å². The van der Waals surface area contributed by atoms with Crippen LogP contribution in [0.15, 0.2) is 83.5 Å².